The van der Waals surface area contributed by atoms with Gasteiger partial charge in [-0.3, -0.25) is 4.79 Å². The Morgan fingerprint density at radius 1 is 1.44 bits per heavy atom. The molecule has 3 N–H and O–H groups in total. The highest BCUT2D eigenvalue weighted by Crippen LogP contribution is 2.27. The van der Waals surface area contributed by atoms with Crippen LogP contribution in [0.4, 0.5) is 0 Å². The number of aryl methyl sites for hydroxylation is 2. The van der Waals surface area contributed by atoms with Crippen LogP contribution in [-0.4, -0.2) is 18.2 Å². The van der Waals surface area contributed by atoms with Gasteiger partial charge >= 0.3 is 5.97 Å². The summed E-state index contributed by atoms with van der Waals surface area (Å²) in [7, 11) is 1.62. The van der Waals surface area contributed by atoms with E-state index in [9.17, 15) is 4.79 Å². The maximum absolute atomic E-state index is 10.6. The number of aliphatic carboxylic acids is 1. The van der Waals surface area contributed by atoms with E-state index in [4.69, 9.17) is 15.6 Å². The number of ether oxygens (including phenoxy) is 1. The number of methoxy groups -OCH3 is 1. The van der Waals surface area contributed by atoms with Crippen LogP contribution in [0, 0.1) is 13.8 Å². The van der Waals surface area contributed by atoms with Crippen molar-refractivity contribution in [1.29, 1.82) is 0 Å². The lowest BCUT2D eigenvalue weighted by Gasteiger charge is -2.14. The van der Waals surface area contributed by atoms with E-state index in [-0.39, 0.29) is 6.42 Å². The van der Waals surface area contributed by atoms with Crippen LogP contribution in [0.1, 0.15) is 29.2 Å². The fourth-order valence-electron chi connectivity index (χ4n) is 1.83. The lowest BCUT2D eigenvalue weighted by atomic mass is 9.99. The molecule has 0 radical (unpaired) electrons. The van der Waals surface area contributed by atoms with Gasteiger partial charge in [0.1, 0.15) is 5.75 Å². The Bertz CT molecular complexity index is 378. The Balaban J connectivity index is 3.03. The van der Waals surface area contributed by atoms with Crippen LogP contribution in [0.25, 0.3) is 0 Å². The van der Waals surface area contributed by atoms with E-state index in [2.05, 4.69) is 0 Å². The molecule has 0 aliphatic heterocycles. The monoisotopic (exact) mass is 223 g/mol. The Labute approximate surface area is 95.0 Å². The van der Waals surface area contributed by atoms with Crippen molar-refractivity contribution in [3.05, 3.63) is 28.8 Å². The van der Waals surface area contributed by atoms with Crippen LogP contribution < -0.4 is 10.5 Å². The summed E-state index contributed by atoms with van der Waals surface area (Å²) in [5.74, 6) is -0.0649. The number of carboxylic acid groups (broad SMARTS) is 1. The number of hydrogen-bond donors (Lipinski definition) is 2. The third-order valence-electron chi connectivity index (χ3n) is 2.51. The Kier molecular flexibility index (Phi) is 3.90. The van der Waals surface area contributed by atoms with Crippen LogP contribution in [-0.2, 0) is 4.79 Å². The highest BCUT2D eigenvalue weighted by atomic mass is 16.5. The SMILES string of the molecule is COc1c(C)cc(C(N)CC(=O)O)cc1C. The lowest BCUT2D eigenvalue weighted by Crippen LogP contribution is -2.15. The molecule has 0 bridgehead atoms. The van der Waals surface area contributed by atoms with E-state index in [0.717, 1.165) is 22.4 Å². The highest BCUT2D eigenvalue weighted by molar-refractivity contribution is 5.68. The van der Waals surface area contributed by atoms with Gasteiger partial charge in [-0.1, -0.05) is 12.1 Å². The molecule has 4 nitrogen and oxygen atoms in total. The van der Waals surface area contributed by atoms with E-state index in [1.165, 1.54) is 0 Å². The largest absolute Gasteiger partial charge is 0.496 e. The average molecular weight is 223 g/mol. The summed E-state index contributed by atoms with van der Waals surface area (Å²) in [6, 6.07) is 3.28. The number of hydrogen-bond acceptors (Lipinski definition) is 3. The van der Waals surface area contributed by atoms with Gasteiger partial charge in [-0.2, -0.15) is 0 Å². The van der Waals surface area contributed by atoms with Gasteiger partial charge in [0.25, 0.3) is 0 Å². The molecule has 0 amide bonds. The molecule has 0 spiro atoms. The molecule has 0 aliphatic rings. The molecule has 1 aromatic rings. The predicted molar refractivity (Wildman–Crippen MR) is 61.6 cm³/mol. The van der Waals surface area contributed by atoms with Gasteiger partial charge in [0, 0.05) is 6.04 Å². The Morgan fingerprint density at radius 3 is 2.31 bits per heavy atom. The maximum Gasteiger partial charge on any atom is 0.305 e. The molecule has 0 saturated heterocycles. The summed E-state index contributed by atoms with van der Waals surface area (Å²) in [4.78, 5) is 10.6. The minimum Gasteiger partial charge on any atom is -0.496 e. The zero-order chi connectivity index (χ0) is 12.3. The quantitative estimate of drug-likeness (QED) is 0.816. The third kappa shape index (κ3) is 2.73. The molecule has 0 aliphatic carbocycles. The second-order valence-corrected chi connectivity index (χ2v) is 3.89. The molecule has 1 atom stereocenters. The summed E-state index contributed by atoms with van der Waals surface area (Å²) in [6.45, 7) is 3.84. The highest BCUT2D eigenvalue weighted by Gasteiger charge is 2.13. The van der Waals surface area contributed by atoms with Gasteiger partial charge in [-0.05, 0) is 30.5 Å². The third-order valence-corrected chi connectivity index (χ3v) is 2.51. The molecule has 0 heterocycles. The number of rotatable bonds is 4. The first-order valence-corrected chi connectivity index (χ1v) is 5.08. The summed E-state index contributed by atoms with van der Waals surface area (Å²) in [6.07, 6.45) is -0.0643. The molecular weight excluding hydrogens is 206 g/mol. The number of benzene rings is 1. The van der Waals surface area contributed by atoms with Crippen LogP contribution in [0.5, 0.6) is 5.75 Å². The van der Waals surface area contributed by atoms with Gasteiger partial charge in [-0.25, -0.2) is 0 Å². The fraction of sp³-hybridized carbons (Fsp3) is 0.417. The normalized spacial score (nSPS) is 12.2. The standard InChI is InChI=1S/C12H17NO3/c1-7-4-9(10(13)6-11(14)15)5-8(2)12(7)16-3/h4-5,10H,6,13H2,1-3H3,(H,14,15). The van der Waals surface area contributed by atoms with E-state index >= 15 is 0 Å². The van der Waals surface area contributed by atoms with E-state index < -0.39 is 12.0 Å². The van der Waals surface area contributed by atoms with Crippen LogP contribution in [0.15, 0.2) is 12.1 Å². The molecule has 4 heteroatoms. The van der Waals surface area contributed by atoms with Crippen molar-refractivity contribution in [2.24, 2.45) is 5.73 Å². The van der Waals surface area contributed by atoms with E-state index in [0.29, 0.717) is 0 Å². The second kappa shape index (κ2) is 4.99. The Hall–Kier alpha value is -1.55. The second-order valence-electron chi connectivity index (χ2n) is 3.89. The molecule has 0 fully saturated rings. The van der Waals surface area contributed by atoms with Crippen molar-refractivity contribution in [1.82, 2.24) is 0 Å². The van der Waals surface area contributed by atoms with Crippen molar-refractivity contribution in [3.8, 4) is 5.75 Å². The average Bonchev–Trinajstić information content (AvgIpc) is 2.16. The van der Waals surface area contributed by atoms with Gasteiger partial charge in [0.2, 0.25) is 0 Å². The van der Waals surface area contributed by atoms with Crippen LogP contribution >= 0.6 is 0 Å². The molecule has 88 valence electrons. The summed E-state index contributed by atoms with van der Waals surface area (Å²) >= 11 is 0. The van der Waals surface area contributed by atoms with E-state index in [1.54, 1.807) is 7.11 Å². The van der Waals surface area contributed by atoms with Crippen molar-refractivity contribution in [2.45, 2.75) is 26.3 Å². The summed E-state index contributed by atoms with van der Waals surface area (Å²) in [5, 5.41) is 8.68. The van der Waals surface area contributed by atoms with Crippen molar-refractivity contribution < 1.29 is 14.6 Å². The van der Waals surface area contributed by atoms with Gasteiger partial charge in [0.15, 0.2) is 0 Å². The molecule has 1 rings (SSSR count). The van der Waals surface area contributed by atoms with Crippen molar-refractivity contribution in [3.63, 3.8) is 0 Å². The zero-order valence-corrected chi connectivity index (χ0v) is 9.78. The smallest absolute Gasteiger partial charge is 0.305 e. The number of carbonyl (C=O) groups is 1. The van der Waals surface area contributed by atoms with Crippen LogP contribution in [0.3, 0.4) is 0 Å². The molecule has 0 saturated carbocycles. The van der Waals surface area contributed by atoms with Gasteiger partial charge < -0.3 is 15.6 Å². The van der Waals surface area contributed by atoms with E-state index in [1.807, 2.05) is 26.0 Å². The van der Waals surface area contributed by atoms with Crippen molar-refractivity contribution in [2.75, 3.05) is 7.11 Å². The fourth-order valence-corrected chi connectivity index (χ4v) is 1.83. The predicted octanol–water partition coefficient (Wildman–Crippen LogP) is 1.79. The first kappa shape index (κ1) is 12.5. The first-order valence-electron chi connectivity index (χ1n) is 5.08. The van der Waals surface area contributed by atoms with Gasteiger partial charge in [-0.15, -0.1) is 0 Å². The van der Waals surface area contributed by atoms with Crippen molar-refractivity contribution >= 4 is 5.97 Å². The lowest BCUT2D eigenvalue weighted by molar-refractivity contribution is -0.137. The molecule has 0 aromatic heterocycles. The molecule has 1 aromatic carbocycles. The topological polar surface area (TPSA) is 72.5 Å². The molecule has 16 heavy (non-hydrogen) atoms. The first-order chi connectivity index (χ1) is 7.45. The van der Waals surface area contributed by atoms with Gasteiger partial charge in [0.05, 0.1) is 13.5 Å². The minimum absolute atomic E-state index is 0.0643. The van der Waals surface area contributed by atoms with Crippen LogP contribution in [0.2, 0.25) is 0 Å². The number of carboxylic acids is 1. The number of nitrogens with two attached hydrogens (primary N) is 1. The molecular formula is C12H17NO3. The minimum atomic E-state index is -0.890. The maximum atomic E-state index is 10.6. The summed E-state index contributed by atoms with van der Waals surface area (Å²) in [5.41, 5.74) is 8.58. The Morgan fingerprint density at radius 2 is 1.94 bits per heavy atom. The molecule has 1 unspecified atom stereocenters. The summed E-state index contributed by atoms with van der Waals surface area (Å²) < 4.78 is 5.23. The zero-order valence-electron chi connectivity index (χ0n) is 9.78.